The average Bonchev–Trinajstić information content (AvgIpc) is 2.54. The lowest BCUT2D eigenvalue weighted by atomic mass is 10.3. The van der Waals surface area contributed by atoms with Gasteiger partial charge in [-0.05, 0) is 44.2 Å². The normalized spacial score (nSPS) is 17.0. The van der Waals surface area contributed by atoms with E-state index in [9.17, 15) is 4.79 Å². The minimum atomic E-state index is -0.496. The van der Waals surface area contributed by atoms with E-state index in [1.807, 2.05) is 24.3 Å². The zero-order valence-electron chi connectivity index (χ0n) is 12.9. The van der Waals surface area contributed by atoms with Crippen molar-refractivity contribution in [3.8, 4) is 5.75 Å². The van der Waals surface area contributed by atoms with Gasteiger partial charge in [0.15, 0.2) is 6.10 Å². The maximum Gasteiger partial charge on any atom is 0.260 e. The first kappa shape index (κ1) is 17.2. The zero-order chi connectivity index (χ0) is 15.8. The van der Waals surface area contributed by atoms with E-state index in [-0.39, 0.29) is 5.91 Å². The third-order valence-corrected chi connectivity index (χ3v) is 4.08. The van der Waals surface area contributed by atoms with E-state index >= 15 is 0 Å². The number of benzene rings is 1. The first-order chi connectivity index (χ1) is 10.6. The van der Waals surface area contributed by atoms with Gasteiger partial charge in [-0.15, -0.1) is 0 Å². The number of carbonyl (C=O) groups excluding carboxylic acids is 1. The number of ether oxygens (including phenoxy) is 2. The quantitative estimate of drug-likeness (QED) is 0.746. The molecule has 1 amide bonds. The van der Waals surface area contributed by atoms with Crippen LogP contribution in [0.25, 0.3) is 0 Å². The Morgan fingerprint density at radius 1 is 1.36 bits per heavy atom. The number of halogens is 1. The van der Waals surface area contributed by atoms with Gasteiger partial charge in [-0.25, -0.2) is 0 Å². The fourth-order valence-electron chi connectivity index (χ4n) is 2.25. The summed E-state index contributed by atoms with van der Waals surface area (Å²) in [4.78, 5) is 14.3. The molecule has 0 spiro atoms. The Morgan fingerprint density at radius 3 is 2.73 bits per heavy atom. The minimum Gasteiger partial charge on any atom is -0.481 e. The Balaban J connectivity index is 1.62. The lowest BCUT2D eigenvalue weighted by Crippen LogP contribution is -2.40. The molecule has 6 heteroatoms. The lowest BCUT2D eigenvalue weighted by molar-refractivity contribution is -0.127. The van der Waals surface area contributed by atoms with Gasteiger partial charge >= 0.3 is 0 Å². The van der Waals surface area contributed by atoms with E-state index in [1.165, 1.54) is 0 Å². The highest BCUT2D eigenvalue weighted by molar-refractivity contribution is 9.10. The van der Waals surface area contributed by atoms with Crippen LogP contribution in [-0.4, -0.2) is 56.3 Å². The number of amides is 1. The van der Waals surface area contributed by atoms with Gasteiger partial charge in [0.25, 0.3) is 5.91 Å². The number of rotatable bonds is 7. The van der Waals surface area contributed by atoms with Crippen LogP contribution in [0, 0.1) is 0 Å². The summed E-state index contributed by atoms with van der Waals surface area (Å²) in [7, 11) is 0. The Morgan fingerprint density at radius 2 is 2.05 bits per heavy atom. The smallest absolute Gasteiger partial charge is 0.260 e. The molecule has 5 nitrogen and oxygen atoms in total. The Kier molecular flexibility index (Phi) is 7.15. The van der Waals surface area contributed by atoms with Gasteiger partial charge in [0, 0.05) is 24.1 Å². The number of carbonyl (C=O) groups is 1. The fourth-order valence-corrected chi connectivity index (χ4v) is 2.52. The molecule has 1 aromatic rings. The first-order valence-corrected chi connectivity index (χ1v) is 8.44. The van der Waals surface area contributed by atoms with Crippen molar-refractivity contribution in [2.24, 2.45) is 0 Å². The molecule has 0 radical (unpaired) electrons. The maximum absolute atomic E-state index is 12.0. The van der Waals surface area contributed by atoms with Crippen LogP contribution in [0.5, 0.6) is 5.75 Å². The average molecular weight is 371 g/mol. The molecule has 122 valence electrons. The van der Waals surface area contributed by atoms with Crippen LogP contribution in [0.2, 0.25) is 0 Å². The lowest BCUT2D eigenvalue weighted by Gasteiger charge is -2.26. The first-order valence-electron chi connectivity index (χ1n) is 7.65. The molecule has 1 N–H and O–H groups in total. The molecule has 1 aliphatic heterocycles. The second-order valence-electron chi connectivity index (χ2n) is 5.31. The number of nitrogens with one attached hydrogen (secondary N) is 1. The van der Waals surface area contributed by atoms with Crippen LogP contribution >= 0.6 is 15.9 Å². The number of hydrogen-bond acceptors (Lipinski definition) is 4. The van der Waals surface area contributed by atoms with Crippen LogP contribution in [0.15, 0.2) is 28.7 Å². The summed E-state index contributed by atoms with van der Waals surface area (Å²) in [6, 6.07) is 7.46. The van der Waals surface area contributed by atoms with Crippen LogP contribution in [0.4, 0.5) is 0 Å². The van der Waals surface area contributed by atoms with E-state index in [0.29, 0.717) is 12.3 Å². The van der Waals surface area contributed by atoms with Crippen molar-refractivity contribution in [2.75, 3.05) is 39.4 Å². The van der Waals surface area contributed by atoms with E-state index in [0.717, 1.165) is 43.7 Å². The molecule has 0 aromatic heterocycles. The molecule has 1 heterocycles. The summed E-state index contributed by atoms with van der Waals surface area (Å²) >= 11 is 3.37. The predicted octanol–water partition coefficient (Wildman–Crippen LogP) is 2.05. The highest BCUT2D eigenvalue weighted by Crippen LogP contribution is 2.17. The van der Waals surface area contributed by atoms with Gasteiger partial charge in [0.05, 0.1) is 13.2 Å². The Bertz CT molecular complexity index is 461. The highest BCUT2D eigenvalue weighted by Gasteiger charge is 2.14. The van der Waals surface area contributed by atoms with E-state index < -0.39 is 6.10 Å². The van der Waals surface area contributed by atoms with Crippen LogP contribution < -0.4 is 10.1 Å². The van der Waals surface area contributed by atoms with Gasteiger partial charge in [0.2, 0.25) is 0 Å². The van der Waals surface area contributed by atoms with Gasteiger partial charge < -0.3 is 14.8 Å². The number of hydrogen-bond donors (Lipinski definition) is 1. The van der Waals surface area contributed by atoms with Gasteiger partial charge in [-0.1, -0.05) is 15.9 Å². The summed E-state index contributed by atoms with van der Waals surface area (Å²) in [5.74, 6) is 0.615. The van der Waals surface area contributed by atoms with Gasteiger partial charge in [0.1, 0.15) is 5.75 Å². The molecule has 0 unspecified atom stereocenters. The minimum absolute atomic E-state index is 0.0788. The molecule has 1 saturated heterocycles. The molecule has 22 heavy (non-hydrogen) atoms. The van der Waals surface area contributed by atoms with E-state index in [2.05, 4.69) is 26.1 Å². The van der Waals surface area contributed by atoms with Crippen LogP contribution in [0.3, 0.4) is 0 Å². The van der Waals surface area contributed by atoms with Crippen molar-refractivity contribution >= 4 is 21.8 Å². The van der Waals surface area contributed by atoms with Crippen molar-refractivity contribution in [3.63, 3.8) is 0 Å². The number of morpholine rings is 1. The summed E-state index contributed by atoms with van der Waals surface area (Å²) in [5.41, 5.74) is 0. The third kappa shape index (κ3) is 5.94. The largest absolute Gasteiger partial charge is 0.481 e. The fraction of sp³-hybridized carbons (Fsp3) is 0.562. The predicted molar refractivity (Wildman–Crippen MR) is 89.1 cm³/mol. The summed E-state index contributed by atoms with van der Waals surface area (Å²) in [5, 5.41) is 2.92. The zero-order valence-corrected chi connectivity index (χ0v) is 14.5. The van der Waals surface area contributed by atoms with E-state index in [4.69, 9.17) is 9.47 Å². The number of nitrogens with zero attached hydrogens (tertiary/aromatic N) is 1. The molecule has 1 aliphatic rings. The molecular formula is C16H23BrN2O3. The molecule has 0 aliphatic carbocycles. The van der Waals surface area contributed by atoms with Crippen molar-refractivity contribution in [2.45, 2.75) is 19.4 Å². The molecule has 0 bridgehead atoms. The summed E-state index contributed by atoms with van der Waals surface area (Å²) in [6.45, 7) is 7.01. The van der Waals surface area contributed by atoms with Crippen LogP contribution in [0.1, 0.15) is 13.3 Å². The standard InChI is InChI=1S/C16H23BrN2O3/c1-13(22-15-5-3-14(17)4-6-15)16(20)18-7-2-8-19-9-11-21-12-10-19/h3-6,13H,2,7-12H2,1H3,(H,18,20)/t13-/m0/s1. The van der Waals surface area contributed by atoms with Crippen molar-refractivity contribution < 1.29 is 14.3 Å². The molecule has 0 saturated carbocycles. The van der Waals surface area contributed by atoms with Crippen molar-refractivity contribution in [1.82, 2.24) is 10.2 Å². The highest BCUT2D eigenvalue weighted by atomic mass is 79.9. The molecule has 1 aromatic carbocycles. The summed E-state index contributed by atoms with van der Waals surface area (Å²) < 4.78 is 11.9. The third-order valence-electron chi connectivity index (χ3n) is 3.55. The van der Waals surface area contributed by atoms with E-state index in [1.54, 1.807) is 6.92 Å². The van der Waals surface area contributed by atoms with Crippen molar-refractivity contribution in [1.29, 1.82) is 0 Å². The molecular weight excluding hydrogens is 348 g/mol. The van der Waals surface area contributed by atoms with Crippen LogP contribution in [-0.2, 0) is 9.53 Å². The van der Waals surface area contributed by atoms with Gasteiger partial charge in [-0.3, -0.25) is 9.69 Å². The Hall–Kier alpha value is -1.11. The molecule has 1 atom stereocenters. The Labute approximate surface area is 140 Å². The monoisotopic (exact) mass is 370 g/mol. The topological polar surface area (TPSA) is 50.8 Å². The molecule has 1 fully saturated rings. The van der Waals surface area contributed by atoms with Crippen molar-refractivity contribution in [3.05, 3.63) is 28.7 Å². The molecule has 2 rings (SSSR count). The SMILES string of the molecule is C[C@H](Oc1ccc(Br)cc1)C(=O)NCCCN1CCOCC1. The summed E-state index contributed by atoms with van der Waals surface area (Å²) in [6.07, 6.45) is 0.445. The second-order valence-corrected chi connectivity index (χ2v) is 6.23. The maximum atomic E-state index is 12.0. The van der Waals surface area contributed by atoms with Gasteiger partial charge in [-0.2, -0.15) is 0 Å². The second kappa shape index (κ2) is 9.12.